The Morgan fingerprint density at radius 1 is 0.977 bits per heavy atom. The van der Waals surface area contributed by atoms with Gasteiger partial charge >= 0.3 is 5.91 Å². The molecule has 1 unspecified atom stereocenters. The largest absolute Gasteiger partial charge is 0.505 e. The SMILES string of the molecule is CCCCCOc1ccc(C2/C(=C(\O)c3c(C)nc4ccccn34)C(=O)C(=O)N2c2nc3ccc(C)cc3s2)cc1OCC. The minimum absolute atomic E-state index is 0.0433. The molecule has 1 N–H and O–H groups in total. The lowest BCUT2D eigenvalue weighted by atomic mass is 9.96. The first-order valence-corrected chi connectivity index (χ1v) is 15.7. The van der Waals surface area contributed by atoms with Gasteiger partial charge in [-0.3, -0.25) is 18.9 Å². The zero-order chi connectivity index (χ0) is 31.0. The average molecular weight is 611 g/mol. The van der Waals surface area contributed by atoms with Gasteiger partial charge in [-0.15, -0.1) is 0 Å². The highest BCUT2D eigenvalue weighted by molar-refractivity contribution is 7.22. The lowest BCUT2D eigenvalue weighted by molar-refractivity contribution is -0.132. The Labute approximate surface area is 259 Å². The zero-order valence-corrected chi connectivity index (χ0v) is 26.0. The molecule has 3 aromatic heterocycles. The van der Waals surface area contributed by atoms with Crippen molar-refractivity contribution in [3.63, 3.8) is 0 Å². The third-order valence-corrected chi connectivity index (χ3v) is 8.72. The van der Waals surface area contributed by atoms with Crippen LogP contribution < -0.4 is 14.4 Å². The summed E-state index contributed by atoms with van der Waals surface area (Å²) in [5, 5.41) is 12.3. The Hall–Kier alpha value is -4.70. The number of thiazole rings is 1. The Kier molecular flexibility index (Phi) is 8.09. The van der Waals surface area contributed by atoms with E-state index < -0.39 is 17.7 Å². The third-order valence-electron chi connectivity index (χ3n) is 7.70. The van der Waals surface area contributed by atoms with Gasteiger partial charge in [0.25, 0.3) is 5.78 Å². The second-order valence-corrected chi connectivity index (χ2v) is 11.8. The second kappa shape index (κ2) is 12.1. The van der Waals surface area contributed by atoms with E-state index >= 15 is 0 Å². The van der Waals surface area contributed by atoms with E-state index in [1.807, 2.05) is 56.3 Å². The lowest BCUT2D eigenvalue weighted by Gasteiger charge is -2.24. The number of amides is 1. The number of fused-ring (bicyclic) bond motifs is 2. The van der Waals surface area contributed by atoms with E-state index in [1.165, 1.54) is 16.2 Å². The first-order valence-electron chi connectivity index (χ1n) is 14.8. The molecular formula is C34H34N4O5S. The van der Waals surface area contributed by atoms with Crippen LogP contribution in [-0.4, -0.2) is 44.4 Å². The van der Waals surface area contributed by atoms with Crippen molar-refractivity contribution >= 4 is 49.8 Å². The normalized spacial score (nSPS) is 16.4. The molecule has 0 aliphatic carbocycles. The molecule has 4 heterocycles. The van der Waals surface area contributed by atoms with Crippen LogP contribution in [0.5, 0.6) is 11.5 Å². The molecule has 226 valence electrons. The number of aliphatic hydroxyl groups is 1. The molecule has 10 heteroatoms. The van der Waals surface area contributed by atoms with Gasteiger partial charge in [-0.05, 0) is 74.7 Å². The smallest absolute Gasteiger partial charge is 0.301 e. The number of unbranched alkanes of at least 4 members (excludes halogenated alkanes) is 2. The van der Waals surface area contributed by atoms with Crippen LogP contribution in [0.4, 0.5) is 5.13 Å². The standard InChI is InChI=1S/C34H34N4O5S/c1-5-7-10-17-43-24-15-13-22(19-25(24)42-6-2)30-28(31(39)29-21(4)35-27-11-8-9-16-37(27)29)32(40)33(41)38(30)34-36-23-14-12-20(3)18-26(23)44-34/h8-9,11-16,18-19,30,39H,5-7,10,17H2,1-4H3/b31-28+. The number of ether oxygens (including phenoxy) is 2. The molecule has 1 saturated heterocycles. The van der Waals surface area contributed by atoms with Crippen LogP contribution in [0.1, 0.15) is 61.7 Å². The number of imidazole rings is 1. The number of carbonyl (C=O) groups excluding carboxylic acids is 2. The fourth-order valence-corrected chi connectivity index (χ4v) is 6.70. The van der Waals surface area contributed by atoms with E-state index in [1.54, 1.807) is 29.7 Å². The molecular weight excluding hydrogens is 576 g/mol. The van der Waals surface area contributed by atoms with Crippen LogP contribution >= 0.6 is 11.3 Å². The highest BCUT2D eigenvalue weighted by Crippen LogP contribution is 2.46. The van der Waals surface area contributed by atoms with E-state index in [2.05, 4.69) is 11.9 Å². The van der Waals surface area contributed by atoms with Crippen LogP contribution in [0.3, 0.4) is 0 Å². The van der Waals surface area contributed by atoms with Crippen LogP contribution in [-0.2, 0) is 9.59 Å². The van der Waals surface area contributed by atoms with Crippen LogP contribution in [0.15, 0.2) is 66.4 Å². The number of pyridine rings is 1. The van der Waals surface area contributed by atoms with Crippen LogP contribution in [0.2, 0.25) is 0 Å². The molecule has 0 saturated carbocycles. The quantitative estimate of drug-likeness (QED) is 0.0774. The van der Waals surface area contributed by atoms with Crippen molar-refractivity contribution < 1.29 is 24.2 Å². The van der Waals surface area contributed by atoms with Crippen molar-refractivity contribution in [1.82, 2.24) is 14.4 Å². The minimum atomic E-state index is -0.973. The summed E-state index contributed by atoms with van der Waals surface area (Å²) in [4.78, 5) is 38.5. The molecule has 1 amide bonds. The summed E-state index contributed by atoms with van der Waals surface area (Å²) in [6, 6.07) is 15.8. The van der Waals surface area contributed by atoms with Crippen molar-refractivity contribution in [2.24, 2.45) is 0 Å². The Morgan fingerprint density at radius 3 is 2.61 bits per heavy atom. The fourth-order valence-electron chi connectivity index (χ4n) is 5.61. The molecule has 9 nitrogen and oxygen atoms in total. The van der Waals surface area contributed by atoms with Gasteiger partial charge in [-0.2, -0.15) is 0 Å². The van der Waals surface area contributed by atoms with Gasteiger partial charge < -0.3 is 14.6 Å². The monoisotopic (exact) mass is 610 g/mol. The van der Waals surface area contributed by atoms with Crippen molar-refractivity contribution in [3.8, 4) is 11.5 Å². The molecule has 1 fully saturated rings. The van der Waals surface area contributed by atoms with Gasteiger partial charge in [-0.1, -0.05) is 49.3 Å². The topological polar surface area (TPSA) is 106 Å². The Bertz CT molecular complexity index is 1920. The molecule has 1 atom stereocenters. The summed E-state index contributed by atoms with van der Waals surface area (Å²) in [5.41, 5.74) is 3.81. The Balaban J connectivity index is 1.54. The summed E-state index contributed by atoms with van der Waals surface area (Å²) in [7, 11) is 0. The molecule has 44 heavy (non-hydrogen) atoms. The third kappa shape index (κ3) is 5.19. The highest BCUT2D eigenvalue weighted by atomic mass is 32.1. The predicted molar refractivity (Wildman–Crippen MR) is 172 cm³/mol. The maximum absolute atomic E-state index is 13.9. The maximum Gasteiger partial charge on any atom is 0.301 e. The summed E-state index contributed by atoms with van der Waals surface area (Å²) >= 11 is 1.33. The van der Waals surface area contributed by atoms with Gasteiger partial charge in [-0.25, -0.2) is 9.97 Å². The van der Waals surface area contributed by atoms with Crippen LogP contribution in [0.25, 0.3) is 21.6 Å². The van der Waals surface area contributed by atoms with Gasteiger partial charge in [0.1, 0.15) is 11.3 Å². The maximum atomic E-state index is 13.9. The number of Topliss-reactive ketones (excluding diaryl/α,β-unsaturated/α-hetero) is 1. The molecule has 1 aliphatic heterocycles. The number of aromatic nitrogens is 3. The van der Waals surface area contributed by atoms with Gasteiger partial charge in [0, 0.05) is 6.20 Å². The Morgan fingerprint density at radius 2 is 1.82 bits per heavy atom. The predicted octanol–water partition coefficient (Wildman–Crippen LogP) is 7.15. The molecule has 6 rings (SSSR count). The number of aliphatic hydroxyl groups excluding tert-OH is 1. The number of hydrogen-bond acceptors (Lipinski definition) is 8. The second-order valence-electron chi connectivity index (χ2n) is 10.8. The number of carbonyl (C=O) groups is 2. The van der Waals surface area contributed by atoms with E-state index in [9.17, 15) is 14.7 Å². The number of nitrogens with zero attached hydrogens (tertiary/aromatic N) is 4. The van der Waals surface area contributed by atoms with Crippen molar-refractivity contribution in [2.75, 3.05) is 18.1 Å². The molecule has 2 aromatic carbocycles. The molecule has 1 aliphatic rings. The number of aryl methyl sites for hydroxylation is 2. The number of ketones is 1. The van der Waals surface area contributed by atoms with Crippen molar-refractivity contribution in [3.05, 3.63) is 88.9 Å². The number of rotatable bonds is 10. The molecule has 0 bridgehead atoms. The molecule has 0 spiro atoms. The molecule has 0 radical (unpaired) electrons. The zero-order valence-electron chi connectivity index (χ0n) is 25.2. The highest BCUT2D eigenvalue weighted by Gasteiger charge is 2.49. The number of hydrogen-bond donors (Lipinski definition) is 1. The first-order chi connectivity index (χ1) is 21.3. The summed E-state index contributed by atoms with van der Waals surface area (Å²) in [6.07, 6.45) is 4.82. The minimum Gasteiger partial charge on any atom is -0.505 e. The molecule has 5 aromatic rings. The lowest BCUT2D eigenvalue weighted by Crippen LogP contribution is -2.29. The van der Waals surface area contributed by atoms with Gasteiger partial charge in [0.2, 0.25) is 0 Å². The van der Waals surface area contributed by atoms with E-state index in [0.717, 1.165) is 35.0 Å². The van der Waals surface area contributed by atoms with Gasteiger partial charge in [0.05, 0.1) is 40.7 Å². The fraction of sp³-hybridized carbons (Fsp3) is 0.294. The first kappa shape index (κ1) is 29.4. The van der Waals surface area contributed by atoms with E-state index in [4.69, 9.17) is 14.5 Å². The average Bonchev–Trinajstić information content (AvgIpc) is 3.66. The van der Waals surface area contributed by atoms with E-state index in [-0.39, 0.29) is 11.3 Å². The number of anilines is 1. The summed E-state index contributed by atoms with van der Waals surface area (Å²) < 4.78 is 14.6. The van der Waals surface area contributed by atoms with Crippen molar-refractivity contribution in [2.45, 2.75) is 53.0 Å². The van der Waals surface area contributed by atoms with Crippen LogP contribution in [0, 0.1) is 13.8 Å². The number of benzene rings is 2. The van der Waals surface area contributed by atoms with E-state index in [0.29, 0.717) is 52.4 Å². The summed E-state index contributed by atoms with van der Waals surface area (Å²) in [5.74, 6) is -0.792. The van der Waals surface area contributed by atoms with Crippen molar-refractivity contribution in [1.29, 1.82) is 0 Å². The van der Waals surface area contributed by atoms with Gasteiger partial charge in [0.15, 0.2) is 22.4 Å². The summed E-state index contributed by atoms with van der Waals surface area (Å²) in [6.45, 7) is 8.72.